The van der Waals surface area contributed by atoms with E-state index in [1.165, 1.54) is 11.3 Å². The van der Waals surface area contributed by atoms with Crippen molar-refractivity contribution in [2.45, 2.75) is 6.92 Å². The molecule has 146 valence electrons. The molecule has 1 aliphatic rings. The van der Waals surface area contributed by atoms with Crippen LogP contribution in [-0.2, 0) is 4.74 Å². The molecule has 1 fully saturated rings. The molecule has 8 nitrogen and oxygen atoms in total. The summed E-state index contributed by atoms with van der Waals surface area (Å²) in [5, 5.41) is 6.71. The van der Waals surface area contributed by atoms with Gasteiger partial charge in [-0.2, -0.15) is 0 Å². The minimum Gasteiger partial charge on any atom is -0.378 e. The molecule has 0 bridgehead atoms. The highest BCUT2D eigenvalue weighted by Crippen LogP contribution is 2.33. The Morgan fingerprint density at radius 2 is 1.96 bits per heavy atom. The summed E-state index contributed by atoms with van der Waals surface area (Å²) in [5.74, 6) is 0.379. The van der Waals surface area contributed by atoms with Crippen LogP contribution in [0.5, 0.6) is 0 Å². The Morgan fingerprint density at radius 3 is 2.64 bits per heavy atom. The molecule has 4 rings (SSSR count). The summed E-state index contributed by atoms with van der Waals surface area (Å²) in [4.78, 5) is 20.0. The minimum atomic E-state index is -0.490. The molecule has 1 saturated heterocycles. The number of pyridine rings is 1. The zero-order chi connectivity index (χ0) is 19.5. The number of morpholine rings is 1. The topological polar surface area (TPSA) is 88.1 Å². The number of halogens is 1. The monoisotopic (exact) mass is 401 g/mol. The first-order chi connectivity index (χ1) is 13.6. The number of thiazole rings is 1. The van der Waals surface area contributed by atoms with Gasteiger partial charge in [-0.05, 0) is 19.1 Å². The highest BCUT2D eigenvalue weighted by molar-refractivity contribution is 7.19. The fraction of sp³-hybridized carbons (Fsp3) is 0.333. The maximum Gasteiger partial charge on any atom is 0.229 e. The van der Waals surface area contributed by atoms with Crippen LogP contribution < -0.4 is 15.5 Å². The van der Waals surface area contributed by atoms with Crippen LogP contribution >= 0.6 is 11.3 Å². The van der Waals surface area contributed by atoms with Gasteiger partial charge in [0.1, 0.15) is 11.5 Å². The zero-order valence-electron chi connectivity index (χ0n) is 15.6. The van der Waals surface area contributed by atoms with E-state index < -0.39 is 5.82 Å². The van der Waals surface area contributed by atoms with Crippen LogP contribution in [0.1, 0.15) is 5.69 Å². The Bertz CT molecular complexity index is 957. The van der Waals surface area contributed by atoms with E-state index in [4.69, 9.17) is 4.74 Å². The van der Waals surface area contributed by atoms with Gasteiger partial charge in [0.25, 0.3) is 0 Å². The van der Waals surface area contributed by atoms with Gasteiger partial charge in [0.05, 0.1) is 41.9 Å². The second-order valence-corrected chi connectivity index (χ2v) is 7.20. The molecule has 0 unspecified atom stereocenters. The second kappa shape index (κ2) is 8.03. The predicted octanol–water partition coefficient (Wildman–Crippen LogP) is 3.06. The van der Waals surface area contributed by atoms with Crippen LogP contribution in [0, 0.1) is 12.7 Å². The van der Waals surface area contributed by atoms with Crippen molar-refractivity contribution in [3.05, 3.63) is 36.0 Å². The molecule has 2 N–H and O–H groups in total. The first kappa shape index (κ1) is 18.5. The van der Waals surface area contributed by atoms with E-state index in [1.54, 1.807) is 13.2 Å². The number of hydrogen-bond acceptors (Lipinski definition) is 9. The number of aryl methyl sites for hydroxylation is 1. The zero-order valence-corrected chi connectivity index (χ0v) is 16.4. The highest BCUT2D eigenvalue weighted by atomic mass is 32.1. The van der Waals surface area contributed by atoms with Gasteiger partial charge in [0.15, 0.2) is 10.9 Å². The largest absolute Gasteiger partial charge is 0.378 e. The molecule has 4 heterocycles. The number of anilines is 4. The van der Waals surface area contributed by atoms with Gasteiger partial charge < -0.3 is 20.3 Å². The van der Waals surface area contributed by atoms with Crippen LogP contribution in [-0.4, -0.2) is 53.3 Å². The fourth-order valence-corrected chi connectivity index (χ4v) is 3.80. The van der Waals surface area contributed by atoms with Gasteiger partial charge in [-0.3, -0.25) is 0 Å². The Labute approximate surface area is 165 Å². The molecule has 0 atom stereocenters. The summed E-state index contributed by atoms with van der Waals surface area (Å²) in [6.45, 7) is 4.97. The summed E-state index contributed by atoms with van der Waals surface area (Å²) in [6.07, 6.45) is 2.95. The van der Waals surface area contributed by atoms with Crippen molar-refractivity contribution in [2.24, 2.45) is 0 Å². The average molecular weight is 401 g/mol. The van der Waals surface area contributed by atoms with Gasteiger partial charge in [0, 0.05) is 20.1 Å². The van der Waals surface area contributed by atoms with E-state index in [2.05, 4.69) is 35.5 Å². The molecule has 0 aliphatic carbocycles. The van der Waals surface area contributed by atoms with Crippen LogP contribution in [0.4, 0.5) is 27.0 Å². The summed E-state index contributed by atoms with van der Waals surface area (Å²) in [7, 11) is 1.78. The molecule has 0 amide bonds. The Hall–Kier alpha value is -2.85. The third kappa shape index (κ3) is 3.87. The lowest BCUT2D eigenvalue weighted by atomic mass is 10.3. The van der Waals surface area contributed by atoms with Gasteiger partial charge in [-0.15, -0.1) is 0 Å². The van der Waals surface area contributed by atoms with Crippen LogP contribution in [0.15, 0.2) is 24.5 Å². The molecule has 0 aromatic carbocycles. The Morgan fingerprint density at radius 1 is 1.14 bits per heavy atom. The summed E-state index contributed by atoms with van der Waals surface area (Å²) < 4.78 is 19.7. The number of ether oxygens (including phenoxy) is 1. The van der Waals surface area contributed by atoms with E-state index in [0.29, 0.717) is 21.5 Å². The SMILES string of the molecule is CNc1nc(C)c(-c2nc(Nc3ccc(N4CCOCC4)cn3)ncc2F)s1. The van der Waals surface area contributed by atoms with Crippen LogP contribution in [0.25, 0.3) is 10.6 Å². The summed E-state index contributed by atoms with van der Waals surface area (Å²) in [5.41, 5.74) is 1.97. The molecule has 10 heteroatoms. The smallest absolute Gasteiger partial charge is 0.229 e. The van der Waals surface area contributed by atoms with Gasteiger partial charge >= 0.3 is 0 Å². The lowest BCUT2D eigenvalue weighted by molar-refractivity contribution is 0.122. The highest BCUT2D eigenvalue weighted by Gasteiger charge is 2.17. The van der Waals surface area contributed by atoms with E-state index in [-0.39, 0.29) is 11.6 Å². The number of nitrogens with one attached hydrogen (secondary N) is 2. The lowest BCUT2D eigenvalue weighted by Crippen LogP contribution is -2.36. The number of hydrogen-bond donors (Lipinski definition) is 2. The van der Waals surface area contributed by atoms with Crippen molar-refractivity contribution in [3.63, 3.8) is 0 Å². The Kier molecular flexibility index (Phi) is 5.31. The number of nitrogens with zero attached hydrogens (tertiary/aromatic N) is 5. The fourth-order valence-electron chi connectivity index (χ4n) is 2.89. The maximum absolute atomic E-state index is 14.3. The van der Waals surface area contributed by atoms with E-state index >= 15 is 0 Å². The molecular formula is C18H20FN7OS. The molecule has 0 spiro atoms. The van der Waals surface area contributed by atoms with Crippen molar-refractivity contribution in [1.82, 2.24) is 19.9 Å². The van der Waals surface area contributed by atoms with Crippen molar-refractivity contribution < 1.29 is 9.13 Å². The molecule has 3 aromatic heterocycles. The minimum absolute atomic E-state index is 0.221. The van der Waals surface area contributed by atoms with Gasteiger partial charge in [0.2, 0.25) is 5.95 Å². The van der Waals surface area contributed by atoms with E-state index in [0.717, 1.165) is 38.2 Å². The summed E-state index contributed by atoms with van der Waals surface area (Å²) in [6, 6.07) is 3.84. The number of aromatic nitrogens is 4. The van der Waals surface area contributed by atoms with Crippen LogP contribution in [0.3, 0.4) is 0 Å². The van der Waals surface area contributed by atoms with E-state index in [1.807, 2.05) is 19.1 Å². The van der Waals surface area contributed by atoms with E-state index in [9.17, 15) is 4.39 Å². The molecule has 28 heavy (non-hydrogen) atoms. The third-order valence-electron chi connectivity index (χ3n) is 4.33. The third-order valence-corrected chi connectivity index (χ3v) is 5.52. The first-order valence-corrected chi connectivity index (χ1v) is 9.69. The standard InChI is InChI=1S/C18H20FN7OS/c1-11-16(28-18(20-2)23-11)15-13(19)10-22-17(25-15)24-14-4-3-12(9-21-14)26-5-7-27-8-6-26/h3-4,9-10H,5-8H2,1-2H3,(H,20,23)(H,21,22,24,25). The average Bonchev–Trinajstić information content (AvgIpc) is 3.11. The van der Waals surface area contributed by atoms with Crippen molar-refractivity contribution in [3.8, 4) is 10.6 Å². The molecule has 3 aromatic rings. The van der Waals surface area contributed by atoms with Crippen molar-refractivity contribution >= 4 is 33.9 Å². The Balaban J connectivity index is 1.54. The van der Waals surface area contributed by atoms with Crippen LogP contribution in [0.2, 0.25) is 0 Å². The summed E-state index contributed by atoms with van der Waals surface area (Å²) >= 11 is 1.35. The first-order valence-electron chi connectivity index (χ1n) is 8.88. The van der Waals surface area contributed by atoms with Crippen molar-refractivity contribution in [2.75, 3.05) is 48.9 Å². The molecule has 0 saturated carbocycles. The molecule has 0 radical (unpaired) electrons. The second-order valence-electron chi connectivity index (χ2n) is 6.20. The van der Waals surface area contributed by atoms with Crippen molar-refractivity contribution in [1.29, 1.82) is 0 Å². The molecule has 1 aliphatic heterocycles. The number of rotatable bonds is 5. The normalized spacial score (nSPS) is 14.2. The lowest BCUT2D eigenvalue weighted by Gasteiger charge is -2.28. The quantitative estimate of drug-likeness (QED) is 0.674. The molecular weight excluding hydrogens is 381 g/mol. The maximum atomic E-state index is 14.3. The van der Waals surface area contributed by atoms with Gasteiger partial charge in [-0.1, -0.05) is 11.3 Å². The predicted molar refractivity (Wildman–Crippen MR) is 108 cm³/mol. The van der Waals surface area contributed by atoms with Gasteiger partial charge in [-0.25, -0.2) is 24.3 Å².